The molecule has 3 rings (SSSR count). The van der Waals surface area contributed by atoms with Crippen LogP contribution in [0.1, 0.15) is 75.2 Å². The van der Waals surface area contributed by atoms with E-state index in [0.717, 1.165) is 10.4 Å². The molecule has 4 atom stereocenters. The maximum atomic E-state index is 14.3. The molecule has 12 heteroatoms. The number of carboxylic acid groups (broad SMARTS) is 1. The highest BCUT2D eigenvalue weighted by atomic mass is 28.4. The molecule has 1 aliphatic rings. The number of alkyl carbamates (subject to hydrolysis) is 1. The molecule has 0 saturated carbocycles. The van der Waals surface area contributed by atoms with Crippen LogP contribution in [-0.4, -0.2) is 78.7 Å². The number of rotatable bonds is 11. The van der Waals surface area contributed by atoms with E-state index >= 15 is 0 Å². The van der Waals surface area contributed by atoms with E-state index in [2.05, 4.69) is 36.8 Å². The largest absolute Gasteiger partial charge is 0.480 e. The first kappa shape index (κ1) is 37.7. The van der Waals surface area contributed by atoms with Crippen molar-refractivity contribution in [3.05, 3.63) is 60.7 Å². The molecule has 258 valence electrons. The average Bonchev–Trinajstić information content (AvgIpc) is 3.00. The van der Waals surface area contributed by atoms with Crippen molar-refractivity contribution in [2.45, 2.75) is 110 Å². The molecule has 0 bridgehead atoms. The van der Waals surface area contributed by atoms with E-state index in [0.29, 0.717) is 12.8 Å². The fourth-order valence-corrected chi connectivity index (χ4v) is 10.6. The van der Waals surface area contributed by atoms with Crippen LogP contribution in [0.15, 0.2) is 60.7 Å². The van der Waals surface area contributed by atoms with Gasteiger partial charge in [-0.2, -0.15) is 0 Å². The third-order valence-electron chi connectivity index (χ3n) is 8.18. The predicted octanol–water partition coefficient (Wildman–Crippen LogP) is 3.57. The van der Waals surface area contributed by atoms with E-state index in [1.54, 1.807) is 41.5 Å². The molecule has 1 saturated heterocycles. The third kappa shape index (κ3) is 9.42. The zero-order valence-corrected chi connectivity index (χ0v) is 30.1. The van der Waals surface area contributed by atoms with E-state index in [4.69, 9.17) is 9.16 Å². The minimum absolute atomic E-state index is 0.255. The molecule has 1 fully saturated rings. The predicted molar refractivity (Wildman–Crippen MR) is 184 cm³/mol. The van der Waals surface area contributed by atoms with Crippen LogP contribution in [0.3, 0.4) is 0 Å². The average molecular weight is 669 g/mol. The number of hydrogen-bond acceptors (Lipinski definition) is 7. The molecular weight excluding hydrogens is 616 g/mol. The van der Waals surface area contributed by atoms with Crippen molar-refractivity contribution in [1.82, 2.24) is 21.1 Å². The second-order valence-corrected chi connectivity index (χ2v) is 18.7. The van der Waals surface area contributed by atoms with Gasteiger partial charge in [0.2, 0.25) is 5.91 Å². The first-order chi connectivity index (χ1) is 21.9. The van der Waals surface area contributed by atoms with Gasteiger partial charge in [-0.25, -0.2) is 10.2 Å². The van der Waals surface area contributed by atoms with Gasteiger partial charge in [0, 0.05) is 6.54 Å². The topological polar surface area (TPSA) is 146 Å². The second kappa shape index (κ2) is 15.4. The molecule has 2 aromatic carbocycles. The van der Waals surface area contributed by atoms with Crippen molar-refractivity contribution in [2.24, 2.45) is 5.92 Å². The monoisotopic (exact) mass is 668 g/mol. The summed E-state index contributed by atoms with van der Waals surface area (Å²) in [5.41, 5.74) is 2.05. The summed E-state index contributed by atoms with van der Waals surface area (Å²) in [4.78, 5) is 52.8. The Morgan fingerprint density at radius 2 is 1.40 bits per heavy atom. The molecule has 11 nitrogen and oxygen atoms in total. The first-order valence-electron chi connectivity index (χ1n) is 16.3. The van der Waals surface area contributed by atoms with Gasteiger partial charge in [0.15, 0.2) is 0 Å². The Labute approximate surface area is 279 Å². The molecule has 0 unspecified atom stereocenters. The van der Waals surface area contributed by atoms with Crippen molar-refractivity contribution in [2.75, 3.05) is 6.54 Å². The summed E-state index contributed by atoms with van der Waals surface area (Å²) in [6.07, 6.45) is -0.804. The molecule has 3 amide bonds. The Balaban J connectivity index is 2.08. The first-order valence-corrected chi connectivity index (χ1v) is 18.2. The van der Waals surface area contributed by atoms with Gasteiger partial charge in [-0.05, 0) is 61.9 Å². The van der Waals surface area contributed by atoms with E-state index in [1.807, 2.05) is 60.7 Å². The SMILES string of the molecule is CC(C)[C@H](NC(=O)OC(C)(C)C)C(=O)N[C@H](C(=O)N1CCC[C@@H](C(=O)O)N1)[C@@H](C)O[Si](c1ccccc1)(c1ccccc1)C(C)(C)C. The fourth-order valence-electron chi connectivity index (χ4n) is 5.92. The third-order valence-corrected chi connectivity index (χ3v) is 13.3. The Bertz CT molecular complexity index is 1340. The van der Waals surface area contributed by atoms with Crippen LogP contribution in [0, 0.1) is 5.92 Å². The number of carbonyl (C=O) groups excluding carboxylic acids is 3. The Morgan fingerprint density at radius 1 is 0.872 bits per heavy atom. The summed E-state index contributed by atoms with van der Waals surface area (Å²) < 4.78 is 12.6. The molecule has 0 radical (unpaired) electrons. The summed E-state index contributed by atoms with van der Waals surface area (Å²) in [6, 6.07) is 16.7. The number of amides is 3. The summed E-state index contributed by atoms with van der Waals surface area (Å²) in [6.45, 7) is 17.1. The number of nitrogens with zero attached hydrogens (tertiary/aromatic N) is 1. The Kier molecular flexibility index (Phi) is 12.4. The standard InChI is InChI=1S/C35H52N4O7Si/c1-23(2)28(37-33(44)45-34(4,5)6)30(40)36-29(31(41)39-22-16-21-27(38-39)32(42)43)24(3)46-47(35(7,8)9,25-17-12-10-13-18-25)26-19-14-11-15-20-26/h10-15,17-20,23-24,27-29,38H,16,21-22H2,1-9H3,(H,36,40)(H,37,44)(H,42,43)/t24-,27+,28+,29+/m1/s1. The van der Waals surface area contributed by atoms with Gasteiger partial charge >= 0.3 is 12.1 Å². The number of aliphatic carboxylic acids is 1. The molecule has 1 heterocycles. The van der Waals surface area contributed by atoms with Crippen LogP contribution in [-0.2, 0) is 23.5 Å². The van der Waals surface area contributed by atoms with Gasteiger partial charge < -0.3 is 24.9 Å². The highest BCUT2D eigenvalue weighted by Gasteiger charge is 2.52. The summed E-state index contributed by atoms with van der Waals surface area (Å²) in [5.74, 6) is -2.54. The molecular formula is C35H52N4O7Si. The minimum atomic E-state index is -3.18. The number of hydrazine groups is 1. The van der Waals surface area contributed by atoms with Gasteiger partial charge in [-0.15, -0.1) is 0 Å². The number of carboxylic acids is 1. The fraction of sp³-hybridized carbons (Fsp3) is 0.543. The second-order valence-electron chi connectivity index (χ2n) is 14.5. The zero-order chi connectivity index (χ0) is 35.2. The van der Waals surface area contributed by atoms with Crippen LogP contribution in [0.4, 0.5) is 4.79 Å². The van der Waals surface area contributed by atoms with E-state index in [-0.39, 0.29) is 12.5 Å². The maximum absolute atomic E-state index is 14.3. The van der Waals surface area contributed by atoms with Crippen LogP contribution in [0.2, 0.25) is 5.04 Å². The van der Waals surface area contributed by atoms with Crippen LogP contribution in [0.25, 0.3) is 0 Å². The van der Waals surface area contributed by atoms with Crippen molar-refractivity contribution in [1.29, 1.82) is 0 Å². The number of carbonyl (C=O) groups is 4. The molecule has 2 aromatic rings. The van der Waals surface area contributed by atoms with Crippen LogP contribution in [0.5, 0.6) is 0 Å². The summed E-state index contributed by atoms with van der Waals surface area (Å²) in [5, 5.41) is 18.1. The molecule has 0 aliphatic carbocycles. The lowest BCUT2D eigenvalue weighted by Crippen LogP contribution is -2.70. The number of benzene rings is 2. The van der Waals surface area contributed by atoms with Crippen molar-refractivity contribution in [3.63, 3.8) is 0 Å². The number of ether oxygens (including phenoxy) is 1. The highest BCUT2D eigenvalue weighted by molar-refractivity contribution is 6.99. The van der Waals surface area contributed by atoms with E-state index in [9.17, 15) is 24.3 Å². The maximum Gasteiger partial charge on any atom is 0.408 e. The highest BCUT2D eigenvalue weighted by Crippen LogP contribution is 2.38. The van der Waals surface area contributed by atoms with Crippen molar-refractivity contribution < 1.29 is 33.4 Å². The van der Waals surface area contributed by atoms with E-state index < -0.39 is 67.1 Å². The lowest BCUT2D eigenvalue weighted by molar-refractivity contribution is -0.150. The minimum Gasteiger partial charge on any atom is -0.480 e. The molecule has 1 aliphatic heterocycles. The number of nitrogens with one attached hydrogen (secondary N) is 3. The summed E-state index contributed by atoms with van der Waals surface area (Å²) >= 11 is 0. The van der Waals surface area contributed by atoms with Gasteiger partial charge in [0.25, 0.3) is 14.2 Å². The van der Waals surface area contributed by atoms with Gasteiger partial charge in [0.1, 0.15) is 23.7 Å². The Morgan fingerprint density at radius 3 is 1.85 bits per heavy atom. The van der Waals surface area contributed by atoms with Crippen molar-refractivity contribution >= 4 is 42.6 Å². The van der Waals surface area contributed by atoms with Crippen LogP contribution < -0.4 is 26.4 Å². The van der Waals surface area contributed by atoms with Gasteiger partial charge in [-0.3, -0.25) is 19.4 Å². The van der Waals surface area contributed by atoms with Gasteiger partial charge in [-0.1, -0.05) is 95.3 Å². The normalized spacial score (nSPS) is 17.7. The zero-order valence-electron chi connectivity index (χ0n) is 29.1. The Hall–Kier alpha value is -3.74. The quantitative estimate of drug-likeness (QED) is 0.266. The molecule has 0 aromatic heterocycles. The number of hydrogen-bond donors (Lipinski definition) is 4. The molecule has 47 heavy (non-hydrogen) atoms. The smallest absolute Gasteiger partial charge is 0.408 e. The van der Waals surface area contributed by atoms with Crippen LogP contribution >= 0.6 is 0 Å². The van der Waals surface area contributed by atoms with E-state index in [1.165, 1.54) is 5.01 Å². The lowest BCUT2D eigenvalue weighted by Gasteiger charge is -2.46. The lowest BCUT2D eigenvalue weighted by atomic mass is 10.0. The molecule has 4 N–H and O–H groups in total. The summed E-state index contributed by atoms with van der Waals surface area (Å²) in [7, 11) is -3.18. The van der Waals surface area contributed by atoms with Gasteiger partial charge in [0.05, 0.1) is 6.10 Å². The molecule has 0 spiro atoms. The van der Waals surface area contributed by atoms with Crippen molar-refractivity contribution in [3.8, 4) is 0 Å².